The predicted molar refractivity (Wildman–Crippen MR) is 65.5 cm³/mol. The molecule has 2 aliphatic heterocycles. The fourth-order valence-corrected chi connectivity index (χ4v) is 2.11. The fraction of sp³-hybridized carbons (Fsp3) is 0.357. The van der Waals surface area contributed by atoms with Crippen LogP contribution in [0, 0.1) is 0 Å². The van der Waals surface area contributed by atoms with Crippen molar-refractivity contribution >= 4 is 5.78 Å². The zero-order valence-electron chi connectivity index (χ0n) is 9.83. The minimum absolute atomic E-state index is 0.0260. The lowest BCUT2D eigenvalue weighted by Gasteiger charge is -2.24. The van der Waals surface area contributed by atoms with E-state index in [1.165, 1.54) is 0 Å². The molecular formula is C14H16O3. The third-order valence-electron chi connectivity index (χ3n) is 3.07. The summed E-state index contributed by atoms with van der Waals surface area (Å²) >= 11 is 0. The first-order valence-electron chi connectivity index (χ1n) is 5.73. The Hall–Kier alpha value is -1.61. The van der Waals surface area contributed by atoms with Crippen LogP contribution in [0.1, 0.15) is 12.8 Å². The van der Waals surface area contributed by atoms with Crippen LogP contribution < -0.4 is 0 Å². The summed E-state index contributed by atoms with van der Waals surface area (Å²) in [6.07, 6.45) is 4.73. The standard InChI is InChI=1S/C14H16O3/c1-3-11-13(4-2)17-9-12(14(11)15)10-5-7-16-8-6-10/h3-4H,1-2,5-9H2. The van der Waals surface area contributed by atoms with Gasteiger partial charge in [0.1, 0.15) is 12.4 Å². The third-order valence-corrected chi connectivity index (χ3v) is 3.07. The van der Waals surface area contributed by atoms with Crippen molar-refractivity contribution in [3.63, 3.8) is 0 Å². The summed E-state index contributed by atoms with van der Waals surface area (Å²) < 4.78 is 10.8. The molecule has 0 aromatic heterocycles. The Morgan fingerprint density at radius 3 is 2.41 bits per heavy atom. The second-order valence-electron chi connectivity index (χ2n) is 4.00. The molecule has 0 radical (unpaired) electrons. The summed E-state index contributed by atoms with van der Waals surface area (Å²) in [6.45, 7) is 9.01. The molecule has 0 aromatic carbocycles. The van der Waals surface area contributed by atoms with Gasteiger partial charge in [-0.05, 0) is 18.9 Å². The Morgan fingerprint density at radius 2 is 1.82 bits per heavy atom. The summed E-state index contributed by atoms with van der Waals surface area (Å²) in [7, 11) is 0. The zero-order chi connectivity index (χ0) is 12.3. The van der Waals surface area contributed by atoms with Gasteiger partial charge in [0.05, 0.1) is 18.8 Å². The molecule has 0 atom stereocenters. The highest BCUT2D eigenvalue weighted by Crippen LogP contribution is 2.27. The van der Waals surface area contributed by atoms with E-state index in [4.69, 9.17) is 9.47 Å². The molecule has 0 amide bonds. The predicted octanol–water partition coefficient (Wildman–Crippen LogP) is 2.32. The van der Waals surface area contributed by atoms with Crippen LogP contribution >= 0.6 is 0 Å². The van der Waals surface area contributed by atoms with E-state index in [-0.39, 0.29) is 5.78 Å². The first kappa shape index (κ1) is 11.9. The molecular weight excluding hydrogens is 216 g/mol. The molecule has 0 bridgehead atoms. The lowest BCUT2D eigenvalue weighted by atomic mass is 9.92. The number of carbonyl (C=O) groups excluding carboxylic acids is 1. The van der Waals surface area contributed by atoms with Crippen molar-refractivity contribution < 1.29 is 14.3 Å². The molecule has 90 valence electrons. The molecule has 1 fully saturated rings. The number of hydrogen-bond donors (Lipinski definition) is 0. The van der Waals surface area contributed by atoms with Gasteiger partial charge in [0.15, 0.2) is 5.78 Å². The Kier molecular flexibility index (Phi) is 3.59. The van der Waals surface area contributed by atoms with Crippen molar-refractivity contribution in [3.8, 4) is 0 Å². The van der Waals surface area contributed by atoms with Gasteiger partial charge in [-0.15, -0.1) is 0 Å². The lowest BCUT2D eigenvalue weighted by molar-refractivity contribution is -0.113. The number of ketones is 1. The molecule has 2 aliphatic rings. The summed E-state index contributed by atoms with van der Waals surface area (Å²) in [5, 5.41) is 0. The van der Waals surface area contributed by atoms with Gasteiger partial charge in [-0.25, -0.2) is 0 Å². The SMILES string of the molecule is C=CC1=C(C=C)C(=O)C(=C2CCOCC2)CO1. The number of allylic oxidation sites excluding steroid dienone is 3. The first-order chi connectivity index (χ1) is 8.27. The number of rotatable bonds is 2. The minimum atomic E-state index is 0.0260. The number of carbonyl (C=O) groups is 1. The van der Waals surface area contributed by atoms with E-state index < -0.39 is 0 Å². The Labute approximate surface area is 101 Å². The van der Waals surface area contributed by atoms with E-state index in [0.717, 1.165) is 24.0 Å². The van der Waals surface area contributed by atoms with Crippen LogP contribution in [-0.4, -0.2) is 25.6 Å². The Balaban J connectivity index is 2.35. The monoisotopic (exact) mass is 232 g/mol. The topological polar surface area (TPSA) is 35.5 Å². The van der Waals surface area contributed by atoms with Gasteiger partial charge in [-0.3, -0.25) is 4.79 Å². The van der Waals surface area contributed by atoms with Gasteiger partial charge >= 0.3 is 0 Å². The molecule has 17 heavy (non-hydrogen) atoms. The summed E-state index contributed by atoms with van der Waals surface area (Å²) in [6, 6.07) is 0. The van der Waals surface area contributed by atoms with Crippen molar-refractivity contribution in [1.82, 2.24) is 0 Å². The highest BCUT2D eigenvalue weighted by molar-refractivity contribution is 6.12. The van der Waals surface area contributed by atoms with Gasteiger partial charge in [0.2, 0.25) is 0 Å². The molecule has 0 aromatic rings. The maximum Gasteiger partial charge on any atom is 0.196 e. The maximum atomic E-state index is 12.3. The van der Waals surface area contributed by atoms with Crippen LogP contribution in [0.15, 0.2) is 47.8 Å². The zero-order valence-corrected chi connectivity index (χ0v) is 9.83. The van der Waals surface area contributed by atoms with Crippen LogP contribution in [0.5, 0.6) is 0 Å². The van der Waals surface area contributed by atoms with Crippen LogP contribution in [0.2, 0.25) is 0 Å². The number of ether oxygens (including phenoxy) is 2. The van der Waals surface area contributed by atoms with E-state index in [1.54, 1.807) is 12.2 Å². The summed E-state index contributed by atoms with van der Waals surface area (Å²) in [5.74, 6) is 0.555. The second-order valence-corrected chi connectivity index (χ2v) is 4.00. The van der Waals surface area contributed by atoms with Crippen molar-refractivity contribution in [2.45, 2.75) is 12.8 Å². The van der Waals surface area contributed by atoms with Crippen LogP contribution in [0.4, 0.5) is 0 Å². The van der Waals surface area contributed by atoms with Crippen molar-refractivity contribution in [2.24, 2.45) is 0 Å². The van der Waals surface area contributed by atoms with Crippen LogP contribution in [-0.2, 0) is 14.3 Å². The smallest absolute Gasteiger partial charge is 0.196 e. The fourth-order valence-electron chi connectivity index (χ4n) is 2.11. The summed E-state index contributed by atoms with van der Waals surface area (Å²) in [5.41, 5.74) is 2.44. The average molecular weight is 232 g/mol. The molecule has 2 rings (SSSR count). The summed E-state index contributed by atoms with van der Waals surface area (Å²) in [4.78, 5) is 12.3. The molecule has 3 heteroatoms. The largest absolute Gasteiger partial charge is 0.488 e. The normalized spacial score (nSPS) is 21.3. The van der Waals surface area contributed by atoms with E-state index in [9.17, 15) is 4.79 Å². The molecule has 3 nitrogen and oxygen atoms in total. The van der Waals surface area contributed by atoms with Crippen molar-refractivity contribution in [3.05, 3.63) is 47.8 Å². The Bertz CT molecular complexity index is 419. The third kappa shape index (κ3) is 2.24. The maximum absolute atomic E-state index is 12.3. The number of hydrogen-bond acceptors (Lipinski definition) is 3. The van der Waals surface area contributed by atoms with E-state index in [0.29, 0.717) is 31.2 Å². The molecule has 0 spiro atoms. The average Bonchev–Trinajstić information content (AvgIpc) is 2.39. The van der Waals surface area contributed by atoms with E-state index in [1.807, 2.05) is 0 Å². The lowest BCUT2D eigenvalue weighted by Crippen LogP contribution is -2.22. The molecule has 2 heterocycles. The van der Waals surface area contributed by atoms with Gasteiger partial charge in [-0.1, -0.05) is 24.8 Å². The quantitative estimate of drug-likeness (QED) is 0.685. The molecule has 1 saturated heterocycles. The second kappa shape index (κ2) is 5.15. The van der Waals surface area contributed by atoms with Crippen molar-refractivity contribution in [1.29, 1.82) is 0 Å². The minimum Gasteiger partial charge on any atom is -0.488 e. The van der Waals surface area contributed by atoms with Gasteiger partial charge in [0.25, 0.3) is 0 Å². The Morgan fingerprint density at radius 1 is 1.12 bits per heavy atom. The van der Waals surface area contributed by atoms with Crippen molar-refractivity contribution in [2.75, 3.05) is 19.8 Å². The molecule has 0 unspecified atom stereocenters. The highest BCUT2D eigenvalue weighted by atomic mass is 16.5. The van der Waals surface area contributed by atoms with E-state index in [2.05, 4.69) is 13.2 Å². The molecule has 0 aliphatic carbocycles. The van der Waals surface area contributed by atoms with Gasteiger partial charge < -0.3 is 9.47 Å². The van der Waals surface area contributed by atoms with Crippen LogP contribution in [0.25, 0.3) is 0 Å². The van der Waals surface area contributed by atoms with E-state index >= 15 is 0 Å². The first-order valence-corrected chi connectivity index (χ1v) is 5.73. The van der Waals surface area contributed by atoms with Gasteiger partial charge in [0, 0.05) is 5.57 Å². The number of Topliss-reactive ketones (excluding diaryl/α,β-unsaturated/α-hetero) is 1. The van der Waals surface area contributed by atoms with Gasteiger partial charge in [-0.2, -0.15) is 0 Å². The molecule has 0 N–H and O–H groups in total. The molecule has 0 saturated carbocycles. The highest BCUT2D eigenvalue weighted by Gasteiger charge is 2.26. The van der Waals surface area contributed by atoms with Crippen LogP contribution in [0.3, 0.4) is 0 Å².